The van der Waals surface area contributed by atoms with Crippen molar-refractivity contribution in [1.82, 2.24) is 15.0 Å². The molecule has 0 bridgehead atoms. The highest BCUT2D eigenvalue weighted by atomic mass is 79.9. The lowest BCUT2D eigenvalue weighted by molar-refractivity contribution is 0.181. The molecule has 0 amide bonds. The molecule has 1 aromatic carbocycles. The molecule has 2 aromatic heterocycles. The molecule has 1 atom stereocenters. The molecule has 0 N–H and O–H groups in total. The van der Waals surface area contributed by atoms with E-state index < -0.39 is 0 Å². The molecule has 4 nitrogen and oxygen atoms in total. The van der Waals surface area contributed by atoms with Crippen LogP contribution >= 0.6 is 27.3 Å². The van der Waals surface area contributed by atoms with Crippen molar-refractivity contribution in [3.05, 3.63) is 56.8 Å². The van der Waals surface area contributed by atoms with E-state index in [2.05, 4.69) is 42.4 Å². The summed E-state index contributed by atoms with van der Waals surface area (Å²) in [7, 11) is 0. The number of benzene rings is 1. The van der Waals surface area contributed by atoms with E-state index in [1.165, 1.54) is 21.5 Å². The Bertz CT molecular complexity index is 848. The van der Waals surface area contributed by atoms with Crippen LogP contribution in [0.25, 0.3) is 11.4 Å². The van der Waals surface area contributed by atoms with Crippen LogP contribution in [0.15, 0.2) is 44.7 Å². The Kier molecular flexibility index (Phi) is 4.96. The van der Waals surface area contributed by atoms with Crippen LogP contribution in [0.5, 0.6) is 0 Å². The molecule has 1 aliphatic rings. The quantitative estimate of drug-likeness (QED) is 0.588. The van der Waals surface area contributed by atoms with Crippen LogP contribution in [0.2, 0.25) is 0 Å². The van der Waals surface area contributed by atoms with E-state index in [1.54, 1.807) is 23.5 Å². The smallest absolute Gasteiger partial charge is 0.231 e. The van der Waals surface area contributed by atoms with Crippen molar-refractivity contribution in [3.63, 3.8) is 0 Å². The lowest BCUT2D eigenvalue weighted by atomic mass is 9.98. The number of aromatic nitrogens is 2. The Morgan fingerprint density at radius 3 is 2.88 bits per heavy atom. The van der Waals surface area contributed by atoms with Gasteiger partial charge in [0.15, 0.2) is 0 Å². The molecule has 7 heteroatoms. The van der Waals surface area contributed by atoms with E-state index >= 15 is 0 Å². The molecule has 1 unspecified atom stereocenters. The van der Waals surface area contributed by atoms with E-state index in [9.17, 15) is 4.39 Å². The van der Waals surface area contributed by atoms with Gasteiger partial charge in [0.2, 0.25) is 11.7 Å². The summed E-state index contributed by atoms with van der Waals surface area (Å²) in [6.45, 7) is 2.93. The van der Waals surface area contributed by atoms with Crippen LogP contribution in [0.1, 0.15) is 29.5 Å². The van der Waals surface area contributed by atoms with Gasteiger partial charge in [-0.2, -0.15) is 4.98 Å². The van der Waals surface area contributed by atoms with E-state index in [0.717, 1.165) is 38.0 Å². The highest BCUT2D eigenvalue weighted by Crippen LogP contribution is 2.30. The van der Waals surface area contributed by atoms with Crippen LogP contribution in [-0.2, 0) is 6.54 Å². The van der Waals surface area contributed by atoms with Gasteiger partial charge in [-0.05, 0) is 71.0 Å². The summed E-state index contributed by atoms with van der Waals surface area (Å²) in [6.07, 6.45) is 2.16. The molecule has 130 valence electrons. The van der Waals surface area contributed by atoms with Gasteiger partial charge in [0.05, 0.1) is 5.92 Å². The molecule has 25 heavy (non-hydrogen) atoms. The van der Waals surface area contributed by atoms with Crippen LogP contribution in [-0.4, -0.2) is 28.1 Å². The Balaban J connectivity index is 1.46. The van der Waals surface area contributed by atoms with E-state index in [-0.39, 0.29) is 11.7 Å². The average Bonchev–Trinajstić information content (AvgIpc) is 3.26. The first-order valence-corrected chi connectivity index (χ1v) is 9.90. The first-order chi connectivity index (χ1) is 12.2. The van der Waals surface area contributed by atoms with Crippen molar-refractivity contribution in [2.24, 2.45) is 0 Å². The summed E-state index contributed by atoms with van der Waals surface area (Å²) in [5, 5.41) is 6.18. The molecule has 0 spiro atoms. The Morgan fingerprint density at radius 2 is 2.12 bits per heavy atom. The van der Waals surface area contributed by atoms with Gasteiger partial charge in [-0.15, -0.1) is 11.3 Å². The standard InChI is InChI=1S/C18H17BrFN3OS/c19-15-7-9-25-16(15)11-23-8-1-2-13(10-23)18-21-17(22-24-18)12-3-5-14(20)6-4-12/h3-7,9,13H,1-2,8,10-11H2. The van der Waals surface area contributed by atoms with Gasteiger partial charge in [-0.25, -0.2) is 4.39 Å². The summed E-state index contributed by atoms with van der Waals surface area (Å²) in [6, 6.07) is 8.25. The molecule has 1 saturated heterocycles. The minimum Gasteiger partial charge on any atom is -0.339 e. The third-order valence-corrected chi connectivity index (χ3v) is 6.37. The molecule has 1 fully saturated rings. The lowest BCUT2D eigenvalue weighted by Gasteiger charge is -2.30. The Labute approximate surface area is 157 Å². The van der Waals surface area contributed by atoms with E-state index in [4.69, 9.17) is 4.52 Å². The van der Waals surface area contributed by atoms with E-state index in [0.29, 0.717) is 11.7 Å². The number of hydrogen-bond donors (Lipinski definition) is 0. The fourth-order valence-corrected chi connectivity index (χ4v) is 4.68. The molecule has 3 aromatic rings. The predicted octanol–water partition coefficient (Wildman–Crippen LogP) is 5.08. The zero-order valence-corrected chi connectivity index (χ0v) is 15.9. The normalized spacial score (nSPS) is 18.6. The first-order valence-electron chi connectivity index (χ1n) is 8.23. The lowest BCUT2D eigenvalue weighted by Crippen LogP contribution is -2.33. The highest BCUT2D eigenvalue weighted by molar-refractivity contribution is 9.10. The Hall–Kier alpha value is -1.57. The largest absolute Gasteiger partial charge is 0.339 e. The van der Waals surface area contributed by atoms with Gasteiger partial charge < -0.3 is 4.52 Å². The summed E-state index contributed by atoms with van der Waals surface area (Å²) in [5.41, 5.74) is 0.770. The van der Waals surface area contributed by atoms with E-state index in [1.807, 2.05) is 0 Å². The number of thiophene rings is 1. The number of likely N-dealkylation sites (tertiary alicyclic amines) is 1. The summed E-state index contributed by atoms with van der Waals surface area (Å²) in [5.74, 6) is 1.17. The van der Waals surface area contributed by atoms with Crippen LogP contribution < -0.4 is 0 Å². The maximum atomic E-state index is 13.1. The van der Waals surface area contributed by atoms with Gasteiger partial charge in [0.1, 0.15) is 5.82 Å². The second-order valence-electron chi connectivity index (χ2n) is 6.23. The van der Waals surface area contributed by atoms with Crippen molar-refractivity contribution in [1.29, 1.82) is 0 Å². The summed E-state index contributed by atoms with van der Waals surface area (Å²) >= 11 is 5.38. The van der Waals surface area contributed by atoms with Crippen molar-refractivity contribution in [2.45, 2.75) is 25.3 Å². The van der Waals surface area contributed by atoms with Crippen LogP contribution in [0, 0.1) is 5.82 Å². The highest BCUT2D eigenvalue weighted by Gasteiger charge is 2.26. The molecule has 1 aliphatic heterocycles. The van der Waals surface area contributed by atoms with Gasteiger partial charge in [0, 0.05) is 28.0 Å². The number of nitrogens with zero attached hydrogens (tertiary/aromatic N) is 3. The van der Waals surface area contributed by atoms with Crippen molar-refractivity contribution >= 4 is 27.3 Å². The second-order valence-corrected chi connectivity index (χ2v) is 8.08. The molecule has 3 heterocycles. The molecule has 4 rings (SSSR count). The number of rotatable bonds is 4. The number of hydrogen-bond acceptors (Lipinski definition) is 5. The van der Waals surface area contributed by atoms with Crippen molar-refractivity contribution < 1.29 is 8.91 Å². The fraction of sp³-hybridized carbons (Fsp3) is 0.333. The molecule has 0 radical (unpaired) electrons. The van der Waals surface area contributed by atoms with Gasteiger partial charge in [0.25, 0.3) is 0 Å². The monoisotopic (exact) mass is 421 g/mol. The SMILES string of the molecule is Fc1ccc(-c2noc(C3CCCN(Cc4sccc4Br)C3)n2)cc1. The van der Waals surface area contributed by atoms with Gasteiger partial charge >= 0.3 is 0 Å². The van der Waals surface area contributed by atoms with Crippen molar-refractivity contribution in [2.75, 3.05) is 13.1 Å². The van der Waals surface area contributed by atoms with Gasteiger partial charge in [-0.1, -0.05) is 5.16 Å². The third kappa shape index (κ3) is 3.83. The summed E-state index contributed by atoms with van der Waals surface area (Å²) in [4.78, 5) is 8.33. The minimum absolute atomic E-state index is 0.245. The van der Waals surface area contributed by atoms with Crippen LogP contribution in [0.3, 0.4) is 0 Å². The zero-order valence-electron chi connectivity index (χ0n) is 13.5. The minimum atomic E-state index is -0.268. The number of piperidine rings is 1. The molecular formula is C18H17BrFN3OS. The molecular weight excluding hydrogens is 405 g/mol. The third-order valence-electron chi connectivity index (χ3n) is 4.46. The molecule has 0 aliphatic carbocycles. The second kappa shape index (κ2) is 7.35. The fourth-order valence-electron chi connectivity index (χ4n) is 3.16. The molecule has 0 saturated carbocycles. The predicted molar refractivity (Wildman–Crippen MR) is 99.0 cm³/mol. The topological polar surface area (TPSA) is 42.2 Å². The Morgan fingerprint density at radius 1 is 1.28 bits per heavy atom. The van der Waals surface area contributed by atoms with Gasteiger partial charge in [-0.3, -0.25) is 4.90 Å². The van der Waals surface area contributed by atoms with Crippen molar-refractivity contribution in [3.8, 4) is 11.4 Å². The number of halogens is 2. The zero-order chi connectivity index (χ0) is 17.2. The first kappa shape index (κ1) is 16.9. The maximum absolute atomic E-state index is 13.1. The average molecular weight is 422 g/mol. The maximum Gasteiger partial charge on any atom is 0.231 e. The summed E-state index contributed by atoms with van der Waals surface area (Å²) < 4.78 is 19.7. The van der Waals surface area contributed by atoms with Crippen LogP contribution in [0.4, 0.5) is 4.39 Å².